The summed E-state index contributed by atoms with van der Waals surface area (Å²) in [5.41, 5.74) is -1.23. The zero-order valence-electron chi connectivity index (χ0n) is 42.3. The van der Waals surface area contributed by atoms with Crippen molar-refractivity contribution in [1.29, 1.82) is 0 Å². The molecule has 8 aromatic rings. The van der Waals surface area contributed by atoms with Crippen molar-refractivity contribution in [2.24, 2.45) is 0 Å². The van der Waals surface area contributed by atoms with Gasteiger partial charge in [0.1, 0.15) is 0 Å². The first-order chi connectivity index (χ1) is 29.0. The number of hydrogen-bond donors (Lipinski definition) is 0. The molecule has 8 aromatic carbocycles. The predicted octanol–water partition coefficient (Wildman–Crippen LogP) is 11.3. The molecule has 0 unspecified atom stereocenters. The highest BCUT2D eigenvalue weighted by molar-refractivity contribution is 6.21. The van der Waals surface area contributed by atoms with E-state index in [0.29, 0.717) is 0 Å². The molecule has 0 nitrogen and oxygen atoms in total. The van der Waals surface area contributed by atoms with Crippen LogP contribution in [0.25, 0.3) is 76.5 Å². The summed E-state index contributed by atoms with van der Waals surface area (Å²) in [6.07, 6.45) is 0. The molecule has 0 spiro atoms. The van der Waals surface area contributed by atoms with Crippen LogP contribution in [0.2, 0.25) is 0 Å². The molecule has 8 rings (SSSR count). The van der Waals surface area contributed by atoms with E-state index in [-0.39, 0.29) is 43.8 Å². The lowest BCUT2D eigenvalue weighted by Gasteiger charge is -2.18. The molecule has 0 aliphatic heterocycles. The van der Waals surface area contributed by atoms with Crippen molar-refractivity contribution < 1.29 is 30.2 Å². The van der Waals surface area contributed by atoms with Crippen LogP contribution in [0.1, 0.15) is 30.2 Å². The minimum Gasteiger partial charge on any atom is -0.0616 e. The van der Waals surface area contributed by atoms with Crippen molar-refractivity contribution in [2.75, 3.05) is 0 Å². The van der Waals surface area contributed by atoms with Gasteiger partial charge in [0.25, 0.3) is 0 Å². The van der Waals surface area contributed by atoms with Gasteiger partial charge in [0.2, 0.25) is 0 Å². The van der Waals surface area contributed by atoms with Gasteiger partial charge in [-0.3, -0.25) is 0 Å². The van der Waals surface area contributed by atoms with Crippen LogP contribution in [0, 0.1) is 0 Å². The number of fused-ring (bicyclic) bond motifs is 4. The van der Waals surface area contributed by atoms with E-state index in [0.717, 1.165) is 0 Å². The average Bonchev–Trinajstić information content (AvgIpc) is 3.25. The van der Waals surface area contributed by atoms with Gasteiger partial charge >= 0.3 is 0 Å². The summed E-state index contributed by atoms with van der Waals surface area (Å²) in [6.45, 7) is 0. The second-order valence-corrected chi connectivity index (χ2v) is 8.83. The van der Waals surface area contributed by atoms with Gasteiger partial charge in [-0.05, 0) is 88.6 Å². The zero-order valence-corrected chi connectivity index (χ0v) is 20.3. The molecular weight excluding hydrogens is 480 g/mol. The van der Waals surface area contributed by atoms with Crippen molar-refractivity contribution in [3.63, 3.8) is 0 Å². The van der Waals surface area contributed by atoms with Crippen LogP contribution >= 0.6 is 0 Å². The number of hydrogen-bond acceptors (Lipinski definition) is 0. The van der Waals surface area contributed by atoms with Crippen LogP contribution in [-0.2, 0) is 0 Å². The first-order valence-corrected chi connectivity index (χ1v) is 12.1. The largest absolute Gasteiger partial charge is 0.0636 e. The fourth-order valence-corrected chi connectivity index (χ4v) is 4.80. The van der Waals surface area contributed by atoms with Crippen molar-refractivity contribution in [1.82, 2.24) is 0 Å². The Morgan fingerprint density at radius 2 is 0.675 bits per heavy atom. The summed E-state index contributed by atoms with van der Waals surface area (Å²) >= 11 is 0. The third-order valence-corrected chi connectivity index (χ3v) is 6.59. The minimum absolute atomic E-state index is 0.0724. The molecular formula is C40H26. The summed E-state index contributed by atoms with van der Waals surface area (Å²) in [5, 5.41) is -3.13. The Hall–Kier alpha value is -5.20. The maximum atomic E-state index is 9.36. The number of rotatable bonds is 3. The van der Waals surface area contributed by atoms with Gasteiger partial charge in [0.05, 0.1) is 30.2 Å². The summed E-state index contributed by atoms with van der Waals surface area (Å²) in [7, 11) is 0. The monoisotopic (exact) mass is 528 g/mol. The van der Waals surface area contributed by atoms with Gasteiger partial charge < -0.3 is 0 Å². The van der Waals surface area contributed by atoms with Crippen LogP contribution in [0.4, 0.5) is 0 Å². The topological polar surface area (TPSA) is 0 Å². The van der Waals surface area contributed by atoms with Crippen molar-refractivity contribution in [3.05, 3.63) is 157 Å². The fourth-order valence-electron chi connectivity index (χ4n) is 4.80. The van der Waals surface area contributed by atoms with E-state index in [1.54, 1.807) is 0 Å². The standard InChI is InChI=1S/C40H26/c1-3-11-31-25-33(23-19-27(31)9-1)29-17-21-30(22-18-29)39-35-13-5-7-15-37(35)40(38-16-8-6-14-36(38)39)34-24-20-28-10-2-4-12-32(28)26-34/h1-26H/i1D,2D,3D,4D,5D,6D,7D,8D,9D,10D,11D,12D,13D,14D,15D,16D,19D,20D,23D,24D,25D,26D. The quantitative estimate of drug-likeness (QED) is 0.200. The molecule has 40 heavy (non-hydrogen) atoms. The summed E-state index contributed by atoms with van der Waals surface area (Å²) in [5.74, 6) is 0. The second kappa shape index (κ2) is 9.22. The van der Waals surface area contributed by atoms with Crippen LogP contribution in [0.5, 0.6) is 0 Å². The highest BCUT2D eigenvalue weighted by Gasteiger charge is 2.16. The lowest BCUT2D eigenvalue weighted by molar-refractivity contribution is 1.63. The molecule has 0 heterocycles. The van der Waals surface area contributed by atoms with Crippen molar-refractivity contribution >= 4 is 43.1 Å². The predicted molar refractivity (Wildman–Crippen MR) is 173 cm³/mol. The average molecular weight is 529 g/mol. The molecule has 0 amide bonds. The highest BCUT2D eigenvalue weighted by Crippen LogP contribution is 2.44. The lowest BCUT2D eigenvalue weighted by atomic mass is 9.85. The Bertz CT molecular complexity index is 3330. The van der Waals surface area contributed by atoms with E-state index in [9.17, 15) is 8.22 Å². The molecule has 0 atom stereocenters. The molecule has 0 N–H and O–H groups in total. The van der Waals surface area contributed by atoms with Gasteiger partial charge in [-0.2, -0.15) is 0 Å². The molecule has 186 valence electrons. The maximum Gasteiger partial charge on any atom is 0.0636 e. The van der Waals surface area contributed by atoms with E-state index in [1.807, 2.05) is 0 Å². The molecule has 0 fully saturated rings. The van der Waals surface area contributed by atoms with E-state index in [4.69, 9.17) is 21.9 Å². The first kappa shape index (κ1) is 9.77. The van der Waals surface area contributed by atoms with E-state index in [1.165, 1.54) is 24.3 Å². The third kappa shape index (κ3) is 3.69. The van der Waals surface area contributed by atoms with Crippen molar-refractivity contribution in [2.45, 2.75) is 0 Å². The Labute approximate surface area is 264 Å². The molecule has 0 aromatic heterocycles. The first-order valence-electron chi connectivity index (χ1n) is 23.1. The molecule has 0 saturated carbocycles. The molecule has 0 aliphatic carbocycles. The Kier molecular flexibility index (Phi) is 2.25. The van der Waals surface area contributed by atoms with Gasteiger partial charge in [-0.15, -0.1) is 0 Å². The Morgan fingerprint density at radius 3 is 1.20 bits per heavy atom. The molecule has 0 aliphatic rings. The smallest absolute Gasteiger partial charge is 0.0616 e. The molecule has 0 bridgehead atoms. The van der Waals surface area contributed by atoms with Crippen LogP contribution in [-0.4, -0.2) is 0 Å². The molecule has 0 radical (unpaired) electrons. The van der Waals surface area contributed by atoms with Gasteiger partial charge in [-0.1, -0.05) is 145 Å². The Morgan fingerprint density at radius 1 is 0.300 bits per heavy atom. The summed E-state index contributed by atoms with van der Waals surface area (Å²) in [6, 6.07) is -9.92. The van der Waals surface area contributed by atoms with Gasteiger partial charge in [-0.25, -0.2) is 0 Å². The van der Waals surface area contributed by atoms with Crippen molar-refractivity contribution in [3.8, 4) is 33.4 Å². The normalized spacial score (nSPS) is 19.2. The van der Waals surface area contributed by atoms with Gasteiger partial charge in [0.15, 0.2) is 0 Å². The van der Waals surface area contributed by atoms with Crippen LogP contribution in [0.15, 0.2) is 157 Å². The van der Waals surface area contributed by atoms with E-state index >= 15 is 0 Å². The molecule has 0 heteroatoms. The second-order valence-electron chi connectivity index (χ2n) is 8.83. The van der Waals surface area contributed by atoms with Crippen LogP contribution < -0.4 is 0 Å². The summed E-state index contributed by atoms with van der Waals surface area (Å²) in [4.78, 5) is 0. The lowest BCUT2D eigenvalue weighted by Crippen LogP contribution is -1.91. The Balaban J connectivity index is 1.56. The SMILES string of the molecule is [2H]c1c([2H])c([2H])c2c([2H])c(-c3ccc(-c4c5c([2H])c([2H])c([2H])c([2H])c5c(-c5c([2H])c([2H])c6c([2H])c([2H])c([2H])c([2H])c6c5[2H])c5c([2H])c([2H])c([2H])c([2H])c45)cc3)c([2H])c([2H])c2c1[2H]. The zero-order chi connectivity index (χ0) is 45.6. The minimum atomic E-state index is -0.821. The molecule has 0 saturated heterocycles. The van der Waals surface area contributed by atoms with Gasteiger partial charge in [0, 0.05) is 0 Å². The van der Waals surface area contributed by atoms with E-state index < -0.39 is 166 Å². The third-order valence-electron chi connectivity index (χ3n) is 6.59. The highest BCUT2D eigenvalue weighted by atomic mass is 14.2. The summed E-state index contributed by atoms with van der Waals surface area (Å²) < 4.78 is 192. The maximum absolute atomic E-state index is 9.36. The van der Waals surface area contributed by atoms with Crippen LogP contribution in [0.3, 0.4) is 0 Å². The fraction of sp³-hybridized carbons (Fsp3) is 0. The number of benzene rings is 8. The van der Waals surface area contributed by atoms with E-state index in [2.05, 4.69) is 0 Å².